The fourth-order valence-electron chi connectivity index (χ4n) is 2.89. The zero-order valence-corrected chi connectivity index (χ0v) is 11.4. The summed E-state index contributed by atoms with van der Waals surface area (Å²) >= 11 is 0. The fourth-order valence-corrected chi connectivity index (χ4v) is 2.89. The van der Waals surface area contributed by atoms with Crippen LogP contribution in [0, 0.1) is 5.92 Å². The van der Waals surface area contributed by atoms with E-state index in [0.29, 0.717) is 12.0 Å². The molecule has 112 valence electrons. The number of hydrogen-bond donors (Lipinski definition) is 5. The summed E-state index contributed by atoms with van der Waals surface area (Å²) in [6.45, 7) is -0.209. The van der Waals surface area contributed by atoms with Gasteiger partial charge in [-0.2, -0.15) is 0 Å². The van der Waals surface area contributed by atoms with Gasteiger partial charge in [-0.3, -0.25) is 4.79 Å². The predicted molar refractivity (Wildman–Crippen MR) is 76.8 cm³/mol. The van der Waals surface area contributed by atoms with Gasteiger partial charge in [-0.25, -0.2) is 0 Å². The third-order valence-corrected chi connectivity index (χ3v) is 4.17. The van der Waals surface area contributed by atoms with Gasteiger partial charge < -0.3 is 25.6 Å². The zero-order valence-electron chi connectivity index (χ0n) is 11.4. The number of fused-ring (bicyclic) bond motifs is 1. The molecule has 0 aliphatic heterocycles. The molecule has 1 heterocycles. The summed E-state index contributed by atoms with van der Waals surface area (Å²) in [6, 6.07) is 6.67. The molecule has 0 unspecified atom stereocenters. The van der Waals surface area contributed by atoms with Crippen molar-refractivity contribution in [3.63, 3.8) is 0 Å². The minimum absolute atomic E-state index is 0.209. The van der Waals surface area contributed by atoms with Crippen molar-refractivity contribution in [2.75, 3.05) is 6.61 Å². The van der Waals surface area contributed by atoms with Crippen LogP contribution < -0.4 is 5.32 Å². The Morgan fingerprint density at radius 2 is 2.10 bits per heavy atom. The summed E-state index contributed by atoms with van der Waals surface area (Å²) in [5, 5.41) is 32.5. The van der Waals surface area contributed by atoms with E-state index in [9.17, 15) is 15.0 Å². The normalized spacial score (nSPS) is 28.9. The maximum Gasteiger partial charge on any atom is 0.251 e. The second-order valence-corrected chi connectivity index (χ2v) is 5.52. The highest BCUT2D eigenvalue weighted by Crippen LogP contribution is 2.26. The first kappa shape index (κ1) is 14.1. The highest BCUT2D eigenvalue weighted by molar-refractivity contribution is 5.98. The van der Waals surface area contributed by atoms with Crippen LogP contribution in [0.4, 0.5) is 0 Å². The summed E-state index contributed by atoms with van der Waals surface area (Å²) in [4.78, 5) is 15.3. The van der Waals surface area contributed by atoms with Crippen LogP contribution in [0.1, 0.15) is 16.8 Å². The van der Waals surface area contributed by atoms with E-state index < -0.39 is 24.2 Å². The molecular formula is C15H18N2O4. The van der Waals surface area contributed by atoms with E-state index in [-0.39, 0.29) is 12.5 Å². The van der Waals surface area contributed by atoms with Gasteiger partial charge in [0, 0.05) is 29.8 Å². The lowest BCUT2D eigenvalue weighted by molar-refractivity contribution is 0.000137. The average molecular weight is 290 g/mol. The van der Waals surface area contributed by atoms with Crippen molar-refractivity contribution in [1.29, 1.82) is 0 Å². The van der Waals surface area contributed by atoms with Crippen LogP contribution in [0.25, 0.3) is 10.9 Å². The second kappa shape index (κ2) is 5.48. The van der Waals surface area contributed by atoms with Crippen molar-refractivity contribution < 1.29 is 20.1 Å². The molecule has 1 fully saturated rings. The first-order valence-electron chi connectivity index (χ1n) is 6.95. The van der Waals surface area contributed by atoms with Gasteiger partial charge in [-0.15, -0.1) is 0 Å². The molecule has 0 bridgehead atoms. The van der Waals surface area contributed by atoms with Crippen molar-refractivity contribution in [3.05, 3.63) is 36.0 Å². The maximum atomic E-state index is 12.2. The van der Waals surface area contributed by atoms with Crippen LogP contribution in [0.2, 0.25) is 0 Å². The summed E-state index contributed by atoms with van der Waals surface area (Å²) in [7, 11) is 0. The predicted octanol–water partition coefficient (Wildman–Crippen LogP) is 0.000300. The van der Waals surface area contributed by atoms with Crippen molar-refractivity contribution in [2.24, 2.45) is 5.92 Å². The Balaban J connectivity index is 1.74. The number of hydrogen-bond acceptors (Lipinski definition) is 4. The van der Waals surface area contributed by atoms with Crippen molar-refractivity contribution in [3.8, 4) is 0 Å². The molecule has 21 heavy (non-hydrogen) atoms. The second-order valence-electron chi connectivity index (χ2n) is 5.52. The van der Waals surface area contributed by atoms with E-state index in [1.165, 1.54) is 0 Å². The monoisotopic (exact) mass is 290 g/mol. The van der Waals surface area contributed by atoms with Gasteiger partial charge >= 0.3 is 0 Å². The molecule has 1 aliphatic rings. The number of benzene rings is 1. The van der Waals surface area contributed by atoms with Crippen LogP contribution in [0.3, 0.4) is 0 Å². The molecule has 5 N–H and O–H groups in total. The number of nitrogens with one attached hydrogen (secondary N) is 2. The van der Waals surface area contributed by atoms with E-state index in [2.05, 4.69) is 10.3 Å². The van der Waals surface area contributed by atoms with Crippen LogP contribution in [-0.4, -0.2) is 51.1 Å². The Hall–Kier alpha value is -1.89. The molecular weight excluding hydrogens is 272 g/mol. The molecule has 0 spiro atoms. The lowest BCUT2D eigenvalue weighted by atomic mass is 10.1. The molecule has 3 rings (SSSR count). The summed E-state index contributed by atoms with van der Waals surface area (Å²) in [6.07, 6.45) is 0.0939. The van der Waals surface area contributed by atoms with Crippen molar-refractivity contribution >= 4 is 16.8 Å². The first-order valence-corrected chi connectivity index (χ1v) is 6.95. The van der Waals surface area contributed by atoms with E-state index >= 15 is 0 Å². The molecule has 1 aromatic carbocycles. The SMILES string of the molecule is O=C(N[C@H]1C[C@@H](CO)[C@H](O)[C@@H]1O)c1ccc2cc[nH]c2c1. The fraction of sp³-hybridized carbons (Fsp3) is 0.400. The number of carbonyl (C=O) groups excluding carboxylic acids is 1. The Morgan fingerprint density at radius 1 is 1.29 bits per heavy atom. The standard InChI is InChI=1S/C15H18N2O4/c18-7-10-6-12(14(20)13(10)19)17-15(21)9-2-1-8-3-4-16-11(8)5-9/h1-5,10,12-14,16,18-20H,6-7H2,(H,17,21)/t10-,12-,13-,14+/m0/s1. The van der Waals surface area contributed by atoms with E-state index in [4.69, 9.17) is 5.11 Å². The minimum Gasteiger partial charge on any atom is -0.396 e. The molecule has 1 amide bonds. The molecule has 0 radical (unpaired) electrons. The van der Waals surface area contributed by atoms with Gasteiger partial charge in [0.1, 0.15) is 6.10 Å². The summed E-state index contributed by atoms with van der Waals surface area (Å²) in [5.41, 5.74) is 1.35. The minimum atomic E-state index is -1.06. The molecule has 4 atom stereocenters. The molecule has 6 nitrogen and oxygen atoms in total. The number of aromatic amines is 1. The Kier molecular flexibility index (Phi) is 3.67. The third-order valence-electron chi connectivity index (χ3n) is 4.17. The number of aliphatic hydroxyl groups excluding tert-OH is 3. The van der Waals surface area contributed by atoms with E-state index in [1.807, 2.05) is 12.1 Å². The first-order chi connectivity index (χ1) is 10.1. The molecule has 1 aliphatic carbocycles. The number of amides is 1. The summed E-state index contributed by atoms with van der Waals surface area (Å²) < 4.78 is 0. The highest BCUT2D eigenvalue weighted by Gasteiger charge is 2.41. The Morgan fingerprint density at radius 3 is 2.81 bits per heavy atom. The number of rotatable bonds is 3. The van der Waals surface area contributed by atoms with Crippen LogP contribution in [-0.2, 0) is 0 Å². The topological polar surface area (TPSA) is 106 Å². The van der Waals surface area contributed by atoms with Crippen molar-refractivity contribution in [1.82, 2.24) is 10.3 Å². The molecule has 1 saturated carbocycles. The number of H-pyrrole nitrogens is 1. The quantitative estimate of drug-likeness (QED) is 0.548. The van der Waals surface area contributed by atoms with E-state index in [0.717, 1.165) is 10.9 Å². The molecule has 6 heteroatoms. The van der Waals surface area contributed by atoms with Crippen LogP contribution in [0.5, 0.6) is 0 Å². The number of carbonyl (C=O) groups is 1. The van der Waals surface area contributed by atoms with Crippen molar-refractivity contribution in [2.45, 2.75) is 24.7 Å². The van der Waals surface area contributed by atoms with Crippen LogP contribution >= 0.6 is 0 Å². The average Bonchev–Trinajstić information content (AvgIpc) is 3.06. The Bertz CT molecular complexity index is 654. The smallest absolute Gasteiger partial charge is 0.251 e. The van der Waals surface area contributed by atoms with Gasteiger partial charge in [0.05, 0.1) is 12.1 Å². The number of aliphatic hydroxyl groups is 3. The number of aromatic nitrogens is 1. The Labute approximate surface area is 121 Å². The highest BCUT2D eigenvalue weighted by atomic mass is 16.3. The van der Waals surface area contributed by atoms with Gasteiger partial charge in [0.2, 0.25) is 0 Å². The van der Waals surface area contributed by atoms with Crippen LogP contribution in [0.15, 0.2) is 30.5 Å². The largest absolute Gasteiger partial charge is 0.396 e. The maximum absolute atomic E-state index is 12.2. The van der Waals surface area contributed by atoms with Gasteiger partial charge in [-0.05, 0) is 30.0 Å². The molecule has 1 aromatic heterocycles. The lowest BCUT2D eigenvalue weighted by Crippen LogP contribution is -2.43. The molecule has 0 saturated heterocycles. The lowest BCUT2D eigenvalue weighted by Gasteiger charge is -2.18. The van der Waals surface area contributed by atoms with E-state index in [1.54, 1.807) is 18.3 Å². The van der Waals surface area contributed by atoms with Gasteiger partial charge in [0.15, 0.2) is 0 Å². The molecule has 2 aromatic rings. The van der Waals surface area contributed by atoms with Gasteiger partial charge in [0.25, 0.3) is 5.91 Å². The third kappa shape index (κ3) is 2.53. The zero-order chi connectivity index (χ0) is 15.0. The van der Waals surface area contributed by atoms with Gasteiger partial charge in [-0.1, -0.05) is 6.07 Å². The summed E-state index contributed by atoms with van der Waals surface area (Å²) in [5.74, 6) is -0.711.